The Hall–Kier alpha value is -1.94. The van der Waals surface area contributed by atoms with E-state index in [4.69, 9.17) is 4.74 Å². The van der Waals surface area contributed by atoms with Crippen LogP contribution in [0.25, 0.3) is 0 Å². The number of methoxy groups -OCH3 is 1. The third-order valence-electron chi connectivity index (χ3n) is 2.29. The predicted octanol–water partition coefficient (Wildman–Crippen LogP) is 1.57. The van der Waals surface area contributed by atoms with Gasteiger partial charge in [0.05, 0.1) is 12.8 Å². The maximum absolute atomic E-state index is 10.1. The summed E-state index contributed by atoms with van der Waals surface area (Å²) in [5.41, 5.74) is 1.32. The Balaban J connectivity index is 2.30. The van der Waals surface area contributed by atoms with Gasteiger partial charge in [-0.3, -0.25) is 0 Å². The second-order valence-electron chi connectivity index (χ2n) is 3.31. The van der Waals surface area contributed by atoms with Crippen molar-refractivity contribution in [3.63, 3.8) is 0 Å². The summed E-state index contributed by atoms with van der Waals surface area (Å²) in [4.78, 5) is 7.82. The van der Waals surface area contributed by atoms with Gasteiger partial charge in [0.1, 0.15) is 18.2 Å². The average molecular weight is 216 g/mol. The molecular weight excluding hydrogens is 204 g/mol. The van der Waals surface area contributed by atoms with Crippen molar-refractivity contribution >= 4 is 0 Å². The van der Waals surface area contributed by atoms with Crippen LogP contribution in [-0.4, -0.2) is 22.2 Å². The van der Waals surface area contributed by atoms with E-state index < -0.39 is 6.10 Å². The monoisotopic (exact) mass is 216 g/mol. The van der Waals surface area contributed by atoms with Gasteiger partial charge in [-0.05, 0) is 23.8 Å². The van der Waals surface area contributed by atoms with E-state index in [1.165, 1.54) is 6.33 Å². The molecule has 2 aromatic rings. The number of ether oxygens (including phenoxy) is 1. The summed E-state index contributed by atoms with van der Waals surface area (Å²) in [6.45, 7) is 0. The van der Waals surface area contributed by atoms with Crippen LogP contribution < -0.4 is 4.74 Å². The lowest BCUT2D eigenvalue weighted by atomic mass is 10.1. The van der Waals surface area contributed by atoms with Crippen molar-refractivity contribution in [2.24, 2.45) is 0 Å². The highest BCUT2D eigenvalue weighted by molar-refractivity contribution is 5.32. The van der Waals surface area contributed by atoms with E-state index in [0.717, 1.165) is 5.56 Å². The number of nitrogens with zero attached hydrogens (tertiary/aromatic N) is 2. The summed E-state index contributed by atoms with van der Waals surface area (Å²) in [6.07, 6.45) is 2.27. The molecule has 1 aromatic carbocycles. The minimum absolute atomic E-state index is 0.572. The zero-order valence-corrected chi connectivity index (χ0v) is 8.87. The van der Waals surface area contributed by atoms with Gasteiger partial charge in [-0.1, -0.05) is 12.1 Å². The average Bonchev–Trinajstić information content (AvgIpc) is 2.39. The van der Waals surface area contributed by atoms with E-state index in [1.807, 2.05) is 18.2 Å². The summed E-state index contributed by atoms with van der Waals surface area (Å²) in [6, 6.07) is 8.96. The highest BCUT2D eigenvalue weighted by Crippen LogP contribution is 2.23. The zero-order valence-electron chi connectivity index (χ0n) is 8.87. The number of aromatic nitrogens is 2. The Kier molecular flexibility index (Phi) is 3.12. The molecule has 0 aliphatic heterocycles. The molecule has 82 valence electrons. The number of aliphatic hydroxyl groups is 1. The molecule has 16 heavy (non-hydrogen) atoms. The quantitative estimate of drug-likeness (QED) is 0.846. The number of benzene rings is 1. The van der Waals surface area contributed by atoms with Crippen LogP contribution in [0.3, 0.4) is 0 Å². The van der Waals surface area contributed by atoms with Gasteiger partial charge < -0.3 is 9.84 Å². The Bertz CT molecular complexity index is 460. The van der Waals surface area contributed by atoms with Gasteiger partial charge in [-0.15, -0.1) is 0 Å². The Labute approximate surface area is 93.6 Å². The molecule has 1 aromatic heterocycles. The topological polar surface area (TPSA) is 55.2 Å². The maximum Gasteiger partial charge on any atom is 0.121 e. The fraction of sp³-hybridized carbons (Fsp3) is 0.167. The van der Waals surface area contributed by atoms with Gasteiger partial charge in [-0.25, -0.2) is 9.97 Å². The maximum atomic E-state index is 10.1. The molecule has 0 aliphatic rings. The van der Waals surface area contributed by atoms with Crippen LogP contribution in [-0.2, 0) is 0 Å². The van der Waals surface area contributed by atoms with Crippen LogP contribution >= 0.6 is 0 Å². The van der Waals surface area contributed by atoms with Crippen LogP contribution in [0.2, 0.25) is 0 Å². The van der Waals surface area contributed by atoms with Crippen molar-refractivity contribution in [2.45, 2.75) is 6.10 Å². The van der Waals surface area contributed by atoms with E-state index in [1.54, 1.807) is 25.4 Å². The molecule has 0 saturated heterocycles. The zero-order chi connectivity index (χ0) is 11.4. The van der Waals surface area contributed by atoms with Crippen molar-refractivity contribution in [2.75, 3.05) is 7.11 Å². The molecule has 0 radical (unpaired) electrons. The Morgan fingerprint density at radius 2 is 2.19 bits per heavy atom. The number of rotatable bonds is 3. The van der Waals surface area contributed by atoms with Gasteiger partial charge in [0.2, 0.25) is 0 Å². The van der Waals surface area contributed by atoms with Crippen LogP contribution in [0.1, 0.15) is 17.4 Å². The minimum Gasteiger partial charge on any atom is -0.497 e. The molecule has 0 aliphatic carbocycles. The van der Waals surface area contributed by atoms with Crippen LogP contribution in [0.4, 0.5) is 0 Å². The van der Waals surface area contributed by atoms with E-state index in [-0.39, 0.29) is 0 Å². The minimum atomic E-state index is -0.752. The fourth-order valence-corrected chi connectivity index (χ4v) is 1.45. The second-order valence-corrected chi connectivity index (χ2v) is 3.31. The van der Waals surface area contributed by atoms with Gasteiger partial charge in [-0.2, -0.15) is 0 Å². The van der Waals surface area contributed by atoms with Crippen molar-refractivity contribution < 1.29 is 9.84 Å². The third-order valence-corrected chi connectivity index (χ3v) is 2.29. The first kappa shape index (κ1) is 10.6. The van der Waals surface area contributed by atoms with Gasteiger partial charge in [0, 0.05) is 6.20 Å². The van der Waals surface area contributed by atoms with E-state index >= 15 is 0 Å². The van der Waals surface area contributed by atoms with Crippen molar-refractivity contribution in [3.8, 4) is 5.75 Å². The standard InChI is InChI=1S/C12H12N2O2/c1-16-10-4-2-3-9(7-10)12(15)11-5-6-13-8-14-11/h2-8,12,15H,1H3. The van der Waals surface area contributed by atoms with Crippen molar-refractivity contribution in [1.29, 1.82) is 0 Å². The summed E-state index contributed by atoms with van der Waals surface area (Å²) in [7, 11) is 1.59. The first-order chi connectivity index (χ1) is 7.81. The molecule has 0 amide bonds. The number of hydrogen-bond donors (Lipinski definition) is 1. The molecule has 4 nitrogen and oxygen atoms in total. The summed E-state index contributed by atoms with van der Waals surface area (Å²) >= 11 is 0. The molecule has 1 atom stereocenters. The molecule has 0 spiro atoms. The van der Waals surface area contributed by atoms with Crippen LogP contribution in [0.15, 0.2) is 42.9 Å². The Morgan fingerprint density at radius 3 is 2.88 bits per heavy atom. The van der Waals surface area contributed by atoms with Crippen molar-refractivity contribution in [1.82, 2.24) is 9.97 Å². The smallest absolute Gasteiger partial charge is 0.121 e. The summed E-state index contributed by atoms with van der Waals surface area (Å²) < 4.78 is 5.10. The van der Waals surface area contributed by atoms with E-state index in [2.05, 4.69) is 9.97 Å². The molecule has 2 rings (SSSR count). The first-order valence-electron chi connectivity index (χ1n) is 4.89. The largest absolute Gasteiger partial charge is 0.497 e. The number of aliphatic hydroxyl groups excluding tert-OH is 1. The van der Waals surface area contributed by atoms with E-state index in [9.17, 15) is 5.11 Å². The van der Waals surface area contributed by atoms with Gasteiger partial charge in [0.15, 0.2) is 0 Å². The second kappa shape index (κ2) is 4.72. The lowest BCUT2D eigenvalue weighted by molar-refractivity contribution is 0.214. The molecule has 1 unspecified atom stereocenters. The van der Waals surface area contributed by atoms with Crippen LogP contribution in [0.5, 0.6) is 5.75 Å². The normalized spacial score (nSPS) is 12.1. The first-order valence-corrected chi connectivity index (χ1v) is 4.89. The summed E-state index contributed by atoms with van der Waals surface area (Å²) in [5, 5.41) is 10.1. The molecule has 4 heteroatoms. The molecule has 0 saturated carbocycles. The van der Waals surface area contributed by atoms with Crippen molar-refractivity contribution in [3.05, 3.63) is 54.1 Å². The highest BCUT2D eigenvalue weighted by atomic mass is 16.5. The lowest BCUT2D eigenvalue weighted by Crippen LogP contribution is -2.02. The Morgan fingerprint density at radius 1 is 1.31 bits per heavy atom. The van der Waals surface area contributed by atoms with Gasteiger partial charge >= 0.3 is 0 Å². The number of hydrogen-bond acceptors (Lipinski definition) is 4. The molecule has 1 heterocycles. The molecule has 1 N–H and O–H groups in total. The SMILES string of the molecule is COc1cccc(C(O)c2ccncn2)c1. The molecule has 0 bridgehead atoms. The van der Waals surface area contributed by atoms with Crippen LogP contribution in [0, 0.1) is 0 Å². The lowest BCUT2D eigenvalue weighted by Gasteiger charge is -2.10. The molecular formula is C12H12N2O2. The van der Waals surface area contributed by atoms with E-state index in [0.29, 0.717) is 11.4 Å². The molecule has 0 fully saturated rings. The fourth-order valence-electron chi connectivity index (χ4n) is 1.45. The third kappa shape index (κ3) is 2.17. The van der Waals surface area contributed by atoms with Gasteiger partial charge in [0.25, 0.3) is 0 Å². The highest BCUT2D eigenvalue weighted by Gasteiger charge is 2.11. The predicted molar refractivity (Wildman–Crippen MR) is 59.1 cm³/mol. The summed E-state index contributed by atoms with van der Waals surface area (Å²) in [5.74, 6) is 0.714.